The molecule has 138 valence electrons. The number of piperidine rings is 1. The van der Waals surface area contributed by atoms with Crippen molar-refractivity contribution in [3.8, 4) is 5.75 Å². The first-order valence-corrected chi connectivity index (χ1v) is 8.95. The van der Waals surface area contributed by atoms with Crippen molar-refractivity contribution in [2.24, 2.45) is 0 Å². The molecule has 0 bridgehead atoms. The van der Waals surface area contributed by atoms with Gasteiger partial charge in [-0.25, -0.2) is 4.39 Å². The number of carbonyl (C=O) groups excluding carboxylic acids is 1. The lowest BCUT2D eigenvalue weighted by atomic mass is 9.83. The van der Waals surface area contributed by atoms with E-state index in [9.17, 15) is 9.18 Å². The fraction of sp³-hybridized carbons (Fsp3) is 0.632. The summed E-state index contributed by atoms with van der Waals surface area (Å²) in [4.78, 5) is 14.4. The molecule has 5 nitrogen and oxygen atoms in total. The summed E-state index contributed by atoms with van der Waals surface area (Å²) < 4.78 is 30.6. The highest BCUT2D eigenvalue weighted by molar-refractivity contribution is 5.94. The van der Waals surface area contributed by atoms with Crippen molar-refractivity contribution in [1.82, 2.24) is 4.90 Å². The molecular weight excluding hydrogens is 325 g/mol. The number of amides is 1. The number of hydrogen-bond donors (Lipinski definition) is 0. The Kier molecular flexibility index (Phi) is 5.59. The maximum atomic E-state index is 13.8. The van der Waals surface area contributed by atoms with Crippen LogP contribution >= 0.6 is 0 Å². The van der Waals surface area contributed by atoms with Crippen LogP contribution < -0.4 is 4.74 Å². The van der Waals surface area contributed by atoms with E-state index in [2.05, 4.69) is 0 Å². The summed E-state index contributed by atoms with van der Waals surface area (Å²) in [6, 6.07) is 4.34. The quantitative estimate of drug-likeness (QED) is 0.837. The van der Waals surface area contributed by atoms with Crippen LogP contribution in [0.5, 0.6) is 5.75 Å². The zero-order chi connectivity index (χ0) is 17.9. The Morgan fingerprint density at radius 1 is 1.40 bits per heavy atom. The van der Waals surface area contributed by atoms with Crippen LogP contribution in [0, 0.1) is 5.82 Å². The lowest BCUT2D eigenvalue weighted by Gasteiger charge is -2.46. The molecule has 2 heterocycles. The van der Waals surface area contributed by atoms with E-state index in [-0.39, 0.29) is 23.4 Å². The van der Waals surface area contributed by atoms with E-state index in [1.807, 2.05) is 6.92 Å². The normalized spacial score (nSPS) is 22.8. The summed E-state index contributed by atoms with van der Waals surface area (Å²) in [6.07, 6.45) is 3.65. The molecular formula is C19H26FNO4. The van der Waals surface area contributed by atoms with Gasteiger partial charge in [0.2, 0.25) is 0 Å². The Balaban J connectivity index is 1.62. The minimum Gasteiger partial charge on any atom is -0.494 e. The smallest absolute Gasteiger partial charge is 0.253 e. The van der Waals surface area contributed by atoms with Gasteiger partial charge in [-0.1, -0.05) is 0 Å². The fourth-order valence-corrected chi connectivity index (χ4v) is 3.81. The minimum atomic E-state index is -0.517. The van der Waals surface area contributed by atoms with Crippen LogP contribution in [-0.2, 0) is 9.47 Å². The molecule has 6 heteroatoms. The van der Waals surface area contributed by atoms with Gasteiger partial charge in [0, 0.05) is 38.3 Å². The first kappa shape index (κ1) is 18.1. The summed E-state index contributed by atoms with van der Waals surface area (Å²) in [5, 5.41) is 0. The van der Waals surface area contributed by atoms with Crippen molar-refractivity contribution in [1.29, 1.82) is 0 Å². The molecule has 2 aliphatic rings. The van der Waals surface area contributed by atoms with Gasteiger partial charge in [0.15, 0.2) is 11.6 Å². The molecule has 0 aromatic heterocycles. The molecule has 1 spiro atoms. The molecule has 2 saturated heterocycles. The van der Waals surface area contributed by atoms with Gasteiger partial charge in [-0.3, -0.25) is 4.79 Å². The molecule has 1 aromatic carbocycles. The van der Waals surface area contributed by atoms with Gasteiger partial charge in [-0.05, 0) is 44.4 Å². The van der Waals surface area contributed by atoms with Gasteiger partial charge in [0.25, 0.3) is 5.91 Å². The van der Waals surface area contributed by atoms with E-state index in [0.717, 1.165) is 25.7 Å². The SMILES string of the molecule is CCOC1CCOC2(CCN(C(=O)c3ccc(OC)c(F)c3)CC2)C1. The fourth-order valence-electron chi connectivity index (χ4n) is 3.81. The van der Waals surface area contributed by atoms with Crippen LogP contribution in [-0.4, -0.2) is 55.9 Å². The van der Waals surface area contributed by atoms with Crippen LogP contribution in [0.15, 0.2) is 18.2 Å². The van der Waals surface area contributed by atoms with E-state index < -0.39 is 5.82 Å². The molecule has 1 atom stereocenters. The predicted octanol–water partition coefficient (Wildman–Crippen LogP) is 3.02. The van der Waals surface area contributed by atoms with Gasteiger partial charge in [-0.15, -0.1) is 0 Å². The van der Waals surface area contributed by atoms with Crippen molar-refractivity contribution in [3.63, 3.8) is 0 Å². The Bertz CT molecular complexity index is 611. The van der Waals surface area contributed by atoms with Gasteiger partial charge in [-0.2, -0.15) is 0 Å². The average molecular weight is 351 g/mol. The van der Waals surface area contributed by atoms with Crippen molar-refractivity contribution in [2.45, 2.75) is 44.3 Å². The average Bonchev–Trinajstić information content (AvgIpc) is 2.62. The summed E-state index contributed by atoms with van der Waals surface area (Å²) >= 11 is 0. The van der Waals surface area contributed by atoms with Crippen molar-refractivity contribution in [3.05, 3.63) is 29.6 Å². The van der Waals surface area contributed by atoms with E-state index in [4.69, 9.17) is 14.2 Å². The predicted molar refractivity (Wildman–Crippen MR) is 91.4 cm³/mol. The third kappa shape index (κ3) is 3.96. The highest BCUT2D eigenvalue weighted by Crippen LogP contribution is 2.36. The Morgan fingerprint density at radius 2 is 2.16 bits per heavy atom. The number of benzene rings is 1. The largest absolute Gasteiger partial charge is 0.494 e. The number of rotatable bonds is 4. The molecule has 1 unspecified atom stereocenters. The number of likely N-dealkylation sites (tertiary alicyclic amines) is 1. The second-order valence-corrected chi connectivity index (χ2v) is 6.74. The van der Waals surface area contributed by atoms with E-state index >= 15 is 0 Å². The topological polar surface area (TPSA) is 48.0 Å². The minimum absolute atomic E-state index is 0.145. The molecule has 1 aromatic rings. The third-order valence-corrected chi connectivity index (χ3v) is 5.21. The highest BCUT2D eigenvalue weighted by Gasteiger charge is 2.41. The lowest BCUT2D eigenvalue weighted by Crippen LogP contribution is -2.52. The molecule has 3 rings (SSSR count). The summed E-state index contributed by atoms with van der Waals surface area (Å²) in [5.74, 6) is -0.516. The third-order valence-electron chi connectivity index (χ3n) is 5.21. The molecule has 0 aliphatic carbocycles. The Hall–Kier alpha value is -1.66. The first-order valence-electron chi connectivity index (χ1n) is 8.95. The number of ether oxygens (including phenoxy) is 3. The standard InChI is InChI=1S/C19H26FNO4/c1-3-24-15-6-11-25-19(13-15)7-9-21(10-8-19)18(22)14-4-5-17(23-2)16(20)12-14/h4-5,12,15H,3,6-11,13H2,1-2H3. The number of hydrogen-bond acceptors (Lipinski definition) is 4. The second-order valence-electron chi connectivity index (χ2n) is 6.74. The maximum Gasteiger partial charge on any atom is 0.253 e. The zero-order valence-electron chi connectivity index (χ0n) is 14.9. The van der Waals surface area contributed by atoms with Crippen LogP contribution in [0.25, 0.3) is 0 Å². The van der Waals surface area contributed by atoms with E-state index in [1.54, 1.807) is 11.0 Å². The van der Waals surface area contributed by atoms with Gasteiger partial charge < -0.3 is 19.1 Å². The van der Waals surface area contributed by atoms with Crippen LogP contribution in [0.4, 0.5) is 4.39 Å². The number of carbonyl (C=O) groups is 1. The molecule has 0 N–H and O–H groups in total. The number of nitrogens with zero attached hydrogens (tertiary/aromatic N) is 1. The maximum absolute atomic E-state index is 13.8. The molecule has 1 amide bonds. The van der Waals surface area contributed by atoms with Crippen LogP contribution in [0.2, 0.25) is 0 Å². The van der Waals surface area contributed by atoms with E-state index in [0.29, 0.717) is 31.9 Å². The lowest BCUT2D eigenvalue weighted by molar-refractivity contribution is -0.151. The van der Waals surface area contributed by atoms with Crippen LogP contribution in [0.3, 0.4) is 0 Å². The molecule has 2 fully saturated rings. The summed E-state index contributed by atoms with van der Waals surface area (Å²) in [5.41, 5.74) is 0.172. The summed E-state index contributed by atoms with van der Waals surface area (Å²) in [7, 11) is 1.41. The van der Waals surface area contributed by atoms with Crippen molar-refractivity contribution in [2.75, 3.05) is 33.4 Å². The number of halogens is 1. The molecule has 25 heavy (non-hydrogen) atoms. The Morgan fingerprint density at radius 3 is 2.80 bits per heavy atom. The summed E-state index contributed by atoms with van der Waals surface area (Å²) in [6.45, 7) is 4.67. The van der Waals surface area contributed by atoms with Crippen molar-refractivity contribution < 1.29 is 23.4 Å². The molecule has 0 radical (unpaired) electrons. The van der Waals surface area contributed by atoms with Gasteiger partial charge in [0.1, 0.15) is 0 Å². The van der Waals surface area contributed by atoms with Gasteiger partial charge >= 0.3 is 0 Å². The van der Waals surface area contributed by atoms with Gasteiger partial charge in [0.05, 0.1) is 18.8 Å². The number of methoxy groups -OCH3 is 1. The Labute approximate surface area is 148 Å². The van der Waals surface area contributed by atoms with Crippen LogP contribution in [0.1, 0.15) is 43.0 Å². The first-order chi connectivity index (χ1) is 12.1. The molecule has 2 aliphatic heterocycles. The van der Waals surface area contributed by atoms with Crippen molar-refractivity contribution >= 4 is 5.91 Å². The zero-order valence-corrected chi connectivity index (χ0v) is 14.9. The molecule has 0 saturated carbocycles. The second kappa shape index (κ2) is 7.70. The van der Waals surface area contributed by atoms with E-state index in [1.165, 1.54) is 19.2 Å². The monoisotopic (exact) mass is 351 g/mol. The highest BCUT2D eigenvalue weighted by atomic mass is 19.1.